The lowest BCUT2D eigenvalue weighted by atomic mass is 10.1. The van der Waals surface area contributed by atoms with Gasteiger partial charge in [0.15, 0.2) is 0 Å². The molecular formula is C14H14ClN3. The molecule has 92 valence electrons. The number of benzene rings is 1. The van der Waals surface area contributed by atoms with E-state index in [0.29, 0.717) is 10.6 Å². The fourth-order valence-electron chi connectivity index (χ4n) is 1.96. The summed E-state index contributed by atoms with van der Waals surface area (Å²) in [5.74, 6) is 0. The molecule has 18 heavy (non-hydrogen) atoms. The Morgan fingerprint density at radius 3 is 2.89 bits per heavy atom. The lowest BCUT2D eigenvalue weighted by Gasteiger charge is -2.12. The van der Waals surface area contributed by atoms with Crippen LogP contribution in [0, 0.1) is 18.3 Å². The number of nitrogens with zero attached hydrogens (tertiary/aromatic N) is 2. The number of nitrogens with one attached hydrogen (secondary N) is 1. The average molecular weight is 260 g/mol. The fraction of sp³-hybridized carbons (Fsp3) is 0.286. The van der Waals surface area contributed by atoms with Gasteiger partial charge in [-0.15, -0.1) is 0 Å². The van der Waals surface area contributed by atoms with Crippen molar-refractivity contribution in [3.63, 3.8) is 0 Å². The van der Waals surface area contributed by atoms with Crippen LogP contribution >= 0.6 is 11.6 Å². The molecule has 0 bridgehead atoms. The molecule has 3 nitrogen and oxygen atoms in total. The minimum atomic E-state index is 0.553. The van der Waals surface area contributed by atoms with Crippen molar-refractivity contribution in [2.24, 2.45) is 0 Å². The Balaban J connectivity index is 2.72. The summed E-state index contributed by atoms with van der Waals surface area (Å²) < 4.78 is 0. The van der Waals surface area contributed by atoms with E-state index in [2.05, 4.69) is 23.3 Å². The Hall–Kier alpha value is -1.79. The van der Waals surface area contributed by atoms with Gasteiger partial charge in [0, 0.05) is 23.2 Å². The van der Waals surface area contributed by atoms with Gasteiger partial charge in [0.25, 0.3) is 0 Å². The predicted molar refractivity (Wildman–Crippen MR) is 75.0 cm³/mol. The van der Waals surface area contributed by atoms with E-state index < -0.39 is 0 Å². The summed E-state index contributed by atoms with van der Waals surface area (Å²) in [6.07, 6.45) is 2.61. The Labute approximate surface area is 111 Å². The van der Waals surface area contributed by atoms with Crippen LogP contribution in [0.3, 0.4) is 0 Å². The first kappa shape index (κ1) is 12.7. The van der Waals surface area contributed by atoms with Crippen LogP contribution in [0.4, 0.5) is 5.69 Å². The van der Waals surface area contributed by atoms with Crippen LogP contribution in [0.2, 0.25) is 5.02 Å². The number of rotatable bonds is 3. The monoisotopic (exact) mass is 259 g/mol. The van der Waals surface area contributed by atoms with Gasteiger partial charge in [-0.2, -0.15) is 5.26 Å². The first-order chi connectivity index (χ1) is 8.67. The van der Waals surface area contributed by atoms with E-state index in [1.165, 1.54) is 0 Å². The van der Waals surface area contributed by atoms with Crippen LogP contribution in [0.5, 0.6) is 0 Å². The molecule has 0 atom stereocenters. The summed E-state index contributed by atoms with van der Waals surface area (Å²) in [6.45, 7) is 4.87. The molecule has 0 aliphatic carbocycles. The summed E-state index contributed by atoms with van der Waals surface area (Å²) in [6, 6.07) is 5.91. The Bertz CT molecular complexity index is 629. The highest BCUT2D eigenvalue weighted by molar-refractivity contribution is 6.31. The quantitative estimate of drug-likeness (QED) is 0.910. The lowest BCUT2D eigenvalue weighted by molar-refractivity contribution is 0.980. The van der Waals surface area contributed by atoms with Crippen molar-refractivity contribution in [3.05, 3.63) is 34.5 Å². The topological polar surface area (TPSA) is 48.7 Å². The predicted octanol–water partition coefficient (Wildman–Crippen LogP) is 3.89. The highest BCUT2D eigenvalue weighted by Crippen LogP contribution is 2.30. The first-order valence-electron chi connectivity index (χ1n) is 5.90. The summed E-state index contributed by atoms with van der Waals surface area (Å²) in [7, 11) is 0. The Morgan fingerprint density at radius 1 is 1.44 bits per heavy atom. The van der Waals surface area contributed by atoms with Crippen LogP contribution in [0.1, 0.15) is 24.5 Å². The van der Waals surface area contributed by atoms with Gasteiger partial charge in [0.1, 0.15) is 6.07 Å². The standard InChI is InChI=1S/C14H14ClN3/c1-3-4-17-14-10(7-16)8-18-13-9(2)5-11(15)6-12(13)14/h5-6,8H,3-4H2,1-2H3,(H,17,18). The smallest absolute Gasteiger partial charge is 0.103 e. The van der Waals surface area contributed by atoms with Crippen LogP contribution in [0.15, 0.2) is 18.3 Å². The van der Waals surface area contributed by atoms with Crippen molar-refractivity contribution in [3.8, 4) is 6.07 Å². The molecule has 0 unspecified atom stereocenters. The summed E-state index contributed by atoms with van der Waals surface area (Å²) in [5, 5.41) is 14.0. The maximum atomic E-state index is 9.15. The second kappa shape index (κ2) is 5.24. The van der Waals surface area contributed by atoms with E-state index in [9.17, 15) is 0 Å². The third-order valence-corrected chi connectivity index (χ3v) is 3.02. The zero-order valence-corrected chi connectivity index (χ0v) is 11.2. The van der Waals surface area contributed by atoms with E-state index in [0.717, 1.165) is 35.1 Å². The fourth-order valence-corrected chi connectivity index (χ4v) is 2.23. The second-order valence-electron chi connectivity index (χ2n) is 4.20. The zero-order chi connectivity index (χ0) is 13.1. The summed E-state index contributed by atoms with van der Waals surface area (Å²) in [4.78, 5) is 4.34. The van der Waals surface area contributed by atoms with E-state index in [4.69, 9.17) is 16.9 Å². The van der Waals surface area contributed by atoms with Crippen molar-refractivity contribution in [1.29, 1.82) is 5.26 Å². The molecule has 2 rings (SSSR count). The molecule has 1 heterocycles. The number of hydrogen-bond acceptors (Lipinski definition) is 3. The van der Waals surface area contributed by atoms with Gasteiger partial charge in [-0.1, -0.05) is 18.5 Å². The molecule has 0 spiro atoms. The summed E-state index contributed by atoms with van der Waals surface area (Å²) in [5.41, 5.74) is 3.28. The van der Waals surface area contributed by atoms with Crippen molar-refractivity contribution in [2.45, 2.75) is 20.3 Å². The Kier molecular flexibility index (Phi) is 3.69. The molecule has 0 fully saturated rings. The number of hydrogen-bond donors (Lipinski definition) is 1. The van der Waals surface area contributed by atoms with Gasteiger partial charge in [-0.3, -0.25) is 4.98 Å². The number of nitriles is 1. The highest BCUT2D eigenvalue weighted by Gasteiger charge is 2.10. The maximum absolute atomic E-state index is 9.15. The summed E-state index contributed by atoms with van der Waals surface area (Å²) >= 11 is 6.09. The number of aromatic nitrogens is 1. The maximum Gasteiger partial charge on any atom is 0.103 e. The number of fused-ring (bicyclic) bond motifs is 1. The van der Waals surface area contributed by atoms with Crippen LogP contribution in [-0.2, 0) is 0 Å². The van der Waals surface area contributed by atoms with Crippen LogP contribution in [-0.4, -0.2) is 11.5 Å². The average Bonchev–Trinajstić information content (AvgIpc) is 2.35. The molecule has 4 heteroatoms. The van der Waals surface area contributed by atoms with E-state index in [1.807, 2.05) is 19.1 Å². The molecule has 0 radical (unpaired) electrons. The number of pyridine rings is 1. The van der Waals surface area contributed by atoms with Crippen molar-refractivity contribution < 1.29 is 0 Å². The number of aryl methyl sites for hydroxylation is 1. The van der Waals surface area contributed by atoms with Gasteiger partial charge >= 0.3 is 0 Å². The third-order valence-electron chi connectivity index (χ3n) is 2.80. The highest BCUT2D eigenvalue weighted by atomic mass is 35.5. The van der Waals surface area contributed by atoms with Gasteiger partial charge in [-0.05, 0) is 31.0 Å². The van der Waals surface area contributed by atoms with E-state index >= 15 is 0 Å². The minimum absolute atomic E-state index is 0.553. The molecule has 1 N–H and O–H groups in total. The van der Waals surface area contributed by atoms with Gasteiger partial charge < -0.3 is 5.32 Å². The van der Waals surface area contributed by atoms with Crippen molar-refractivity contribution >= 4 is 28.2 Å². The second-order valence-corrected chi connectivity index (χ2v) is 4.64. The van der Waals surface area contributed by atoms with Gasteiger partial charge in [0.05, 0.1) is 16.8 Å². The Morgan fingerprint density at radius 2 is 2.22 bits per heavy atom. The van der Waals surface area contributed by atoms with Crippen molar-refractivity contribution in [1.82, 2.24) is 4.98 Å². The molecular weight excluding hydrogens is 246 g/mol. The molecule has 1 aromatic carbocycles. The van der Waals surface area contributed by atoms with E-state index in [-0.39, 0.29) is 0 Å². The van der Waals surface area contributed by atoms with Crippen LogP contribution in [0.25, 0.3) is 10.9 Å². The zero-order valence-electron chi connectivity index (χ0n) is 10.4. The molecule has 0 amide bonds. The molecule has 0 aliphatic heterocycles. The largest absolute Gasteiger partial charge is 0.383 e. The molecule has 0 aliphatic rings. The van der Waals surface area contributed by atoms with Gasteiger partial charge in [-0.25, -0.2) is 0 Å². The van der Waals surface area contributed by atoms with Crippen molar-refractivity contribution in [2.75, 3.05) is 11.9 Å². The van der Waals surface area contributed by atoms with Gasteiger partial charge in [0.2, 0.25) is 0 Å². The SMILES string of the molecule is CCCNc1c(C#N)cnc2c(C)cc(Cl)cc12. The molecule has 1 aromatic heterocycles. The number of anilines is 1. The normalized spacial score (nSPS) is 10.3. The minimum Gasteiger partial charge on any atom is -0.383 e. The number of halogens is 1. The molecule has 0 saturated heterocycles. The van der Waals surface area contributed by atoms with E-state index in [1.54, 1.807) is 6.20 Å². The molecule has 2 aromatic rings. The third kappa shape index (κ3) is 2.25. The van der Waals surface area contributed by atoms with Crippen LogP contribution < -0.4 is 5.32 Å². The lowest BCUT2D eigenvalue weighted by Crippen LogP contribution is -2.03. The first-order valence-corrected chi connectivity index (χ1v) is 6.28. The molecule has 0 saturated carbocycles.